The lowest BCUT2D eigenvalue weighted by Crippen LogP contribution is -2.27. The number of nitrogens with one attached hydrogen (secondary N) is 1. The van der Waals surface area contributed by atoms with Gasteiger partial charge in [0, 0.05) is 19.6 Å². The van der Waals surface area contributed by atoms with E-state index in [1.54, 1.807) is 0 Å². The highest BCUT2D eigenvalue weighted by Crippen LogP contribution is 2.12. The molecule has 0 atom stereocenters. The number of likely N-dealkylation sites (N-methyl/N-ethyl adjacent to an activating group) is 2. The maximum atomic E-state index is 11.3. The lowest BCUT2D eigenvalue weighted by atomic mass is 10.0. The molecule has 100 valence electrons. The van der Waals surface area contributed by atoms with Crippen molar-refractivity contribution in [2.45, 2.75) is 13.0 Å². The van der Waals surface area contributed by atoms with Gasteiger partial charge < -0.3 is 15.0 Å². The molecule has 0 radical (unpaired) electrons. The zero-order valence-corrected chi connectivity index (χ0v) is 11.4. The molecule has 1 aromatic rings. The van der Waals surface area contributed by atoms with Crippen LogP contribution in [0.5, 0.6) is 0 Å². The first-order chi connectivity index (χ1) is 8.67. The van der Waals surface area contributed by atoms with Crippen LogP contribution in [0.4, 0.5) is 0 Å². The highest BCUT2D eigenvalue weighted by molar-refractivity contribution is 5.72. The van der Waals surface area contributed by atoms with E-state index in [0.717, 1.165) is 25.2 Å². The van der Waals surface area contributed by atoms with E-state index in [1.807, 2.05) is 25.2 Å². The molecule has 4 heteroatoms. The van der Waals surface area contributed by atoms with Crippen LogP contribution < -0.4 is 5.32 Å². The van der Waals surface area contributed by atoms with E-state index in [0.29, 0.717) is 6.42 Å². The van der Waals surface area contributed by atoms with Crippen molar-refractivity contribution >= 4 is 5.97 Å². The zero-order valence-electron chi connectivity index (χ0n) is 11.4. The summed E-state index contributed by atoms with van der Waals surface area (Å²) in [5, 5.41) is 3.12. The molecule has 4 nitrogen and oxygen atoms in total. The highest BCUT2D eigenvalue weighted by Gasteiger charge is 2.09. The molecular weight excluding hydrogens is 228 g/mol. The Morgan fingerprint density at radius 3 is 2.61 bits per heavy atom. The van der Waals surface area contributed by atoms with Gasteiger partial charge in [0.25, 0.3) is 0 Å². The molecule has 0 aliphatic carbocycles. The molecule has 0 fully saturated rings. The summed E-state index contributed by atoms with van der Waals surface area (Å²) in [6.45, 7) is 2.77. The predicted octanol–water partition coefficient (Wildman–Crippen LogP) is 1.05. The van der Waals surface area contributed by atoms with Gasteiger partial charge in [0.1, 0.15) is 0 Å². The maximum absolute atomic E-state index is 11.3. The van der Waals surface area contributed by atoms with Crippen LogP contribution in [0.2, 0.25) is 0 Å². The van der Waals surface area contributed by atoms with Gasteiger partial charge in [-0.2, -0.15) is 0 Å². The molecule has 0 amide bonds. The van der Waals surface area contributed by atoms with Gasteiger partial charge in [-0.05, 0) is 25.2 Å². The first-order valence-electron chi connectivity index (χ1n) is 6.14. The largest absolute Gasteiger partial charge is 0.469 e. The van der Waals surface area contributed by atoms with Crippen LogP contribution in [0.1, 0.15) is 11.1 Å². The molecule has 1 rings (SSSR count). The third-order valence-corrected chi connectivity index (χ3v) is 2.86. The minimum atomic E-state index is -0.194. The smallest absolute Gasteiger partial charge is 0.309 e. The Kier molecular flexibility index (Phi) is 6.39. The first kappa shape index (κ1) is 14.7. The summed E-state index contributed by atoms with van der Waals surface area (Å²) in [4.78, 5) is 13.6. The summed E-state index contributed by atoms with van der Waals surface area (Å²) < 4.78 is 4.72. The van der Waals surface area contributed by atoms with E-state index in [9.17, 15) is 4.79 Å². The minimum absolute atomic E-state index is 0.194. The Morgan fingerprint density at radius 1 is 1.33 bits per heavy atom. The monoisotopic (exact) mass is 250 g/mol. The van der Waals surface area contributed by atoms with Crippen molar-refractivity contribution in [3.63, 3.8) is 0 Å². The fourth-order valence-corrected chi connectivity index (χ4v) is 1.78. The molecule has 0 aliphatic heterocycles. The second-order valence-corrected chi connectivity index (χ2v) is 4.36. The number of benzene rings is 1. The fraction of sp³-hybridized carbons (Fsp3) is 0.500. The lowest BCUT2D eigenvalue weighted by molar-refractivity contribution is -0.139. The Morgan fingerprint density at radius 2 is 2.00 bits per heavy atom. The van der Waals surface area contributed by atoms with Crippen molar-refractivity contribution in [3.05, 3.63) is 35.4 Å². The summed E-state index contributed by atoms with van der Waals surface area (Å²) >= 11 is 0. The summed E-state index contributed by atoms with van der Waals surface area (Å²) in [5.41, 5.74) is 2.22. The molecule has 1 N–H and O–H groups in total. The molecule has 0 bridgehead atoms. The molecule has 0 saturated carbocycles. The molecule has 0 aliphatic rings. The molecule has 0 spiro atoms. The van der Waals surface area contributed by atoms with Crippen molar-refractivity contribution in [2.75, 3.05) is 34.3 Å². The summed E-state index contributed by atoms with van der Waals surface area (Å²) in [6, 6.07) is 8.00. The molecule has 0 unspecified atom stereocenters. The number of hydrogen-bond acceptors (Lipinski definition) is 4. The third-order valence-electron chi connectivity index (χ3n) is 2.86. The first-order valence-corrected chi connectivity index (χ1v) is 6.14. The number of hydrogen-bond donors (Lipinski definition) is 1. The van der Waals surface area contributed by atoms with Gasteiger partial charge in [-0.15, -0.1) is 0 Å². The van der Waals surface area contributed by atoms with Crippen LogP contribution in [0.25, 0.3) is 0 Å². The number of ether oxygens (including phenoxy) is 1. The summed E-state index contributed by atoms with van der Waals surface area (Å²) in [5.74, 6) is -0.194. The molecule has 0 aromatic heterocycles. The average molecular weight is 250 g/mol. The van der Waals surface area contributed by atoms with Crippen LogP contribution in [-0.2, 0) is 22.5 Å². The van der Waals surface area contributed by atoms with Crippen molar-refractivity contribution in [1.29, 1.82) is 0 Å². The third kappa shape index (κ3) is 4.85. The number of nitrogens with zero attached hydrogens (tertiary/aromatic N) is 1. The number of carbonyl (C=O) groups excluding carboxylic acids is 1. The highest BCUT2D eigenvalue weighted by atomic mass is 16.5. The van der Waals surface area contributed by atoms with E-state index in [4.69, 9.17) is 4.74 Å². The van der Waals surface area contributed by atoms with Gasteiger partial charge >= 0.3 is 5.97 Å². The summed E-state index contributed by atoms with van der Waals surface area (Å²) in [7, 11) is 5.44. The number of methoxy groups -OCH3 is 1. The van der Waals surface area contributed by atoms with Gasteiger partial charge in [-0.3, -0.25) is 4.79 Å². The molecule has 0 heterocycles. The van der Waals surface area contributed by atoms with Gasteiger partial charge in [0.15, 0.2) is 0 Å². The molecule has 0 saturated heterocycles. The van der Waals surface area contributed by atoms with Crippen molar-refractivity contribution in [2.24, 2.45) is 0 Å². The van der Waals surface area contributed by atoms with Crippen LogP contribution in [0.15, 0.2) is 24.3 Å². The Labute approximate surface area is 109 Å². The quantitative estimate of drug-likeness (QED) is 0.735. The molecule has 1 aromatic carbocycles. The SMILES string of the molecule is CNCCN(C)Cc1ccccc1CC(=O)OC. The average Bonchev–Trinajstić information content (AvgIpc) is 2.38. The summed E-state index contributed by atoms with van der Waals surface area (Å²) in [6.07, 6.45) is 0.340. The van der Waals surface area contributed by atoms with Crippen molar-refractivity contribution in [3.8, 4) is 0 Å². The number of carbonyl (C=O) groups is 1. The maximum Gasteiger partial charge on any atom is 0.309 e. The topological polar surface area (TPSA) is 41.6 Å². The van der Waals surface area contributed by atoms with Gasteiger partial charge in [0.05, 0.1) is 13.5 Å². The van der Waals surface area contributed by atoms with Crippen molar-refractivity contribution < 1.29 is 9.53 Å². The Hall–Kier alpha value is -1.39. The second-order valence-electron chi connectivity index (χ2n) is 4.36. The van der Waals surface area contributed by atoms with Gasteiger partial charge in [-0.1, -0.05) is 24.3 Å². The van der Waals surface area contributed by atoms with Crippen LogP contribution in [0, 0.1) is 0 Å². The second kappa shape index (κ2) is 7.84. The zero-order chi connectivity index (χ0) is 13.4. The van der Waals surface area contributed by atoms with Crippen LogP contribution in [-0.4, -0.2) is 45.2 Å². The molecular formula is C14H22N2O2. The standard InChI is InChI=1S/C14H22N2O2/c1-15-8-9-16(2)11-13-7-5-4-6-12(13)10-14(17)18-3/h4-7,15H,8-11H2,1-3H3. The van der Waals surface area contributed by atoms with Crippen LogP contribution >= 0.6 is 0 Å². The fourth-order valence-electron chi connectivity index (χ4n) is 1.78. The van der Waals surface area contributed by atoms with Crippen molar-refractivity contribution in [1.82, 2.24) is 10.2 Å². The van der Waals surface area contributed by atoms with Gasteiger partial charge in [-0.25, -0.2) is 0 Å². The molecule has 18 heavy (non-hydrogen) atoms. The minimum Gasteiger partial charge on any atom is -0.469 e. The van der Waals surface area contributed by atoms with E-state index < -0.39 is 0 Å². The predicted molar refractivity (Wildman–Crippen MR) is 72.4 cm³/mol. The Balaban J connectivity index is 2.66. The van der Waals surface area contributed by atoms with E-state index in [1.165, 1.54) is 12.7 Å². The Bertz CT molecular complexity index is 380. The van der Waals surface area contributed by atoms with E-state index in [2.05, 4.69) is 23.3 Å². The van der Waals surface area contributed by atoms with E-state index >= 15 is 0 Å². The number of rotatable bonds is 7. The van der Waals surface area contributed by atoms with E-state index in [-0.39, 0.29) is 5.97 Å². The normalized spacial score (nSPS) is 10.7. The van der Waals surface area contributed by atoms with Gasteiger partial charge in [0.2, 0.25) is 0 Å². The lowest BCUT2D eigenvalue weighted by Gasteiger charge is -2.18. The van der Waals surface area contributed by atoms with Crippen LogP contribution in [0.3, 0.4) is 0 Å². The number of esters is 1.